The Labute approximate surface area is 86.5 Å². The predicted octanol–water partition coefficient (Wildman–Crippen LogP) is 2.90. The van der Waals surface area contributed by atoms with Crippen LogP contribution in [0.5, 0.6) is 0 Å². The van der Waals surface area contributed by atoms with E-state index in [-0.39, 0.29) is 0 Å². The molecule has 0 bridgehead atoms. The minimum absolute atomic E-state index is 0.820. The lowest BCUT2D eigenvalue weighted by atomic mass is 10.1. The molecule has 2 heteroatoms. The van der Waals surface area contributed by atoms with Crippen molar-refractivity contribution in [1.82, 2.24) is 0 Å². The summed E-state index contributed by atoms with van der Waals surface area (Å²) in [5.74, 6) is 2.23. The third kappa shape index (κ3) is 3.97. The van der Waals surface area contributed by atoms with Crippen molar-refractivity contribution < 1.29 is 4.42 Å². The van der Waals surface area contributed by atoms with Gasteiger partial charge in [0.1, 0.15) is 11.5 Å². The maximum atomic E-state index is 5.61. The van der Waals surface area contributed by atoms with Gasteiger partial charge in [-0.05, 0) is 31.5 Å². The summed E-state index contributed by atoms with van der Waals surface area (Å²) in [7, 11) is 0. The van der Waals surface area contributed by atoms with Crippen LogP contribution in [0.1, 0.15) is 44.1 Å². The number of hydrogen-bond acceptors (Lipinski definition) is 2. The monoisotopic (exact) mass is 195 g/mol. The van der Waals surface area contributed by atoms with Crippen LogP contribution >= 0.6 is 0 Å². The zero-order valence-electron chi connectivity index (χ0n) is 9.09. The fourth-order valence-electron chi connectivity index (χ4n) is 1.54. The topological polar surface area (TPSA) is 39.2 Å². The standard InChI is InChI=1S/C12H21NO/c1-2-11-8-9-12(14-11)7-5-3-4-6-10-13/h8-9H,2-7,10,13H2,1H3. The Kier molecular flexibility index (Phi) is 5.38. The van der Waals surface area contributed by atoms with Gasteiger partial charge in [0.15, 0.2) is 0 Å². The molecule has 1 aromatic rings. The van der Waals surface area contributed by atoms with E-state index in [9.17, 15) is 0 Å². The van der Waals surface area contributed by atoms with E-state index in [1.54, 1.807) is 0 Å². The molecule has 0 fully saturated rings. The zero-order valence-corrected chi connectivity index (χ0v) is 9.09. The summed E-state index contributed by atoms with van der Waals surface area (Å²) in [6.45, 7) is 2.94. The van der Waals surface area contributed by atoms with Gasteiger partial charge in [-0.15, -0.1) is 0 Å². The summed E-state index contributed by atoms with van der Waals surface area (Å²) in [4.78, 5) is 0. The highest BCUT2D eigenvalue weighted by Crippen LogP contribution is 2.12. The lowest BCUT2D eigenvalue weighted by molar-refractivity contribution is 0.459. The molecule has 0 aromatic carbocycles. The lowest BCUT2D eigenvalue weighted by Crippen LogP contribution is -1.97. The van der Waals surface area contributed by atoms with Crippen LogP contribution in [0.4, 0.5) is 0 Å². The van der Waals surface area contributed by atoms with Crippen molar-refractivity contribution in [1.29, 1.82) is 0 Å². The van der Waals surface area contributed by atoms with Gasteiger partial charge in [0.2, 0.25) is 0 Å². The highest BCUT2D eigenvalue weighted by molar-refractivity contribution is 5.06. The first-order chi connectivity index (χ1) is 6.86. The summed E-state index contributed by atoms with van der Waals surface area (Å²) in [6, 6.07) is 4.18. The van der Waals surface area contributed by atoms with E-state index < -0.39 is 0 Å². The molecule has 1 heterocycles. The van der Waals surface area contributed by atoms with Crippen LogP contribution in [0.2, 0.25) is 0 Å². The van der Waals surface area contributed by atoms with Gasteiger partial charge >= 0.3 is 0 Å². The van der Waals surface area contributed by atoms with E-state index in [4.69, 9.17) is 10.2 Å². The normalized spacial score (nSPS) is 10.7. The van der Waals surface area contributed by atoms with E-state index >= 15 is 0 Å². The Morgan fingerprint density at radius 3 is 2.43 bits per heavy atom. The quantitative estimate of drug-likeness (QED) is 0.679. The summed E-state index contributed by atoms with van der Waals surface area (Å²) in [5.41, 5.74) is 5.42. The van der Waals surface area contributed by atoms with E-state index in [1.165, 1.54) is 19.3 Å². The number of nitrogens with two attached hydrogens (primary N) is 1. The number of unbranched alkanes of at least 4 members (excludes halogenated alkanes) is 3. The van der Waals surface area contributed by atoms with Crippen LogP contribution in [0.25, 0.3) is 0 Å². The summed E-state index contributed by atoms with van der Waals surface area (Å²) < 4.78 is 5.61. The van der Waals surface area contributed by atoms with Gasteiger partial charge in [-0.1, -0.05) is 19.8 Å². The van der Waals surface area contributed by atoms with Gasteiger partial charge < -0.3 is 10.2 Å². The molecule has 1 aromatic heterocycles. The number of rotatable bonds is 7. The molecule has 80 valence electrons. The van der Waals surface area contributed by atoms with Crippen LogP contribution in [0.15, 0.2) is 16.5 Å². The van der Waals surface area contributed by atoms with E-state index in [0.717, 1.165) is 37.3 Å². The van der Waals surface area contributed by atoms with E-state index in [0.29, 0.717) is 0 Å². The summed E-state index contributed by atoms with van der Waals surface area (Å²) in [6.07, 6.45) is 6.95. The fourth-order valence-corrected chi connectivity index (χ4v) is 1.54. The second-order valence-electron chi connectivity index (χ2n) is 3.67. The second kappa shape index (κ2) is 6.66. The average molecular weight is 195 g/mol. The van der Waals surface area contributed by atoms with Crippen molar-refractivity contribution in [2.45, 2.75) is 45.4 Å². The van der Waals surface area contributed by atoms with Crippen LogP contribution in [-0.2, 0) is 12.8 Å². The maximum Gasteiger partial charge on any atom is 0.104 e. The Hall–Kier alpha value is -0.760. The van der Waals surface area contributed by atoms with Crippen molar-refractivity contribution in [2.75, 3.05) is 6.54 Å². The molecule has 0 aliphatic carbocycles. The molecule has 0 aliphatic rings. The second-order valence-corrected chi connectivity index (χ2v) is 3.67. The average Bonchev–Trinajstić information content (AvgIpc) is 2.65. The van der Waals surface area contributed by atoms with Gasteiger partial charge in [0, 0.05) is 12.8 Å². The first kappa shape index (κ1) is 11.3. The number of furan rings is 1. The summed E-state index contributed by atoms with van der Waals surface area (Å²) >= 11 is 0. The van der Waals surface area contributed by atoms with Crippen LogP contribution in [0, 0.1) is 0 Å². The molecule has 0 radical (unpaired) electrons. The Bertz CT molecular complexity index is 242. The van der Waals surface area contributed by atoms with Gasteiger partial charge in [-0.3, -0.25) is 0 Å². The van der Waals surface area contributed by atoms with Crippen molar-refractivity contribution in [3.63, 3.8) is 0 Å². The highest BCUT2D eigenvalue weighted by Gasteiger charge is 1.99. The Morgan fingerprint density at radius 2 is 1.79 bits per heavy atom. The first-order valence-corrected chi connectivity index (χ1v) is 5.64. The number of aryl methyl sites for hydroxylation is 2. The molecule has 0 atom stereocenters. The van der Waals surface area contributed by atoms with Crippen molar-refractivity contribution >= 4 is 0 Å². The molecule has 0 saturated heterocycles. The minimum Gasteiger partial charge on any atom is -0.466 e. The predicted molar refractivity (Wildman–Crippen MR) is 59.3 cm³/mol. The molecular weight excluding hydrogens is 174 g/mol. The van der Waals surface area contributed by atoms with Crippen molar-refractivity contribution in [3.05, 3.63) is 23.7 Å². The highest BCUT2D eigenvalue weighted by atomic mass is 16.3. The number of hydrogen-bond donors (Lipinski definition) is 1. The largest absolute Gasteiger partial charge is 0.466 e. The Balaban J connectivity index is 2.12. The molecule has 1 rings (SSSR count). The SMILES string of the molecule is CCc1ccc(CCCCCCN)o1. The third-order valence-electron chi connectivity index (χ3n) is 2.44. The van der Waals surface area contributed by atoms with Gasteiger partial charge in [-0.25, -0.2) is 0 Å². The van der Waals surface area contributed by atoms with Gasteiger partial charge in [0.25, 0.3) is 0 Å². The molecule has 0 spiro atoms. The molecule has 0 amide bonds. The van der Waals surface area contributed by atoms with E-state index in [1.807, 2.05) is 0 Å². The van der Waals surface area contributed by atoms with Crippen LogP contribution < -0.4 is 5.73 Å². The first-order valence-electron chi connectivity index (χ1n) is 5.64. The smallest absolute Gasteiger partial charge is 0.104 e. The fraction of sp³-hybridized carbons (Fsp3) is 0.667. The maximum absolute atomic E-state index is 5.61. The molecule has 0 saturated carbocycles. The molecule has 2 N–H and O–H groups in total. The van der Waals surface area contributed by atoms with Crippen molar-refractivity contribution in [2.24, 2.45) is 5.73 Å². The summed E-state index contributed by atoms with van der Waals surface area (Å²) in [5, 5.41) is 0. The minimum atomic E-state index is 0.820. The molecular formula is C12H21NO. The Morgan fingerprint density at radius 1 is 1.07 bits per heavy atom. The third-order valence-corrected chi connectivity index (χ3v) is 2.44. The van der Waals surface area contributed by atoms with Gasteiger partial charge in [-0.2, -0.15) is 0 Å². The van der Waals surface area contributed by atoms with E-state index in [2.05, 4.69) is 19.1 Å². The lowest BCUT2D eigenvalue weighted by Gasteiger charge is -1.98. The van der Waals surface area contributed by atoms with Crippen LogP contribution in [0.3, 0.4) is 0 Å². The molecule has 0 unspecified atom stereocenters. The zero-order chi connectivity index (χ0) is 10.2. The van der Waals surface area contributed by atoms with Crippen molar-refractivity contribution in [3.8, 4) is 0 Å². The molecule has 14 heavy (non-hydrogen) atoms. The van der Waals surface area contributed by atoms with Crippen LogP contribution in [-0.4, -0.2) is 6.54 Å². The molecule has 0 aliphatic heterocycles. The molecule has 2 nitrogen and oxygen atoms in total. The van der Waals surface area contributed by atoms with Gasteiger partial charge in [0.05, 0.1) is 0 Å².